The number of hydrogen-bond acceptors (Lipinski definition) is 1. The van der Waals surface area contributed by atoms with Gasteiger partial charge in [-0.2, -0.15) is 0 Å². The third-order valence-electron chi connectivity index (χ3n) is 2.29. The summed E-state index contributed by atoms with van der Waals surface area (Å²) in [6.45, 7) is 2.24. The maximum atomic E-state index is 4.45. The fraction of sp³-hybridized carbons (Fsp3) is 0.444. The average Bonchev–Trinajstić information content (AvgIpc) is 2.33. The van der Waals surface area contributed by atoms with Crippen LogP contribution in [0.1, 0.15) is 30.5 Å². The van der Waals surface area contributed by atoms with Gasteiger partial charge in [-0.25, -0.2) is 4.98 Å². The van der Waals surface area contributed by atoms with Crippen LogP contribution in [0.25, 0.3) is 0 Å². The number of nitrogens with zero attached hydrogens (tertiary/aromatic N) is 1. The van der Waals surface area contributed by atoms with E-state index in [2.05, 4.69) is 33.9 Å². The molecule has 0 saturated carbocycles. The first-order valence-corrected chi connectivity index (χ1v) is 4.72. The van der Waals surface area contributed by atoms with Crippen LogP contribution in [-0.4, -0.2) is 4.98 Å². The van der Waals surface area contributed by atoms with Crippen molar-refractivity contribution in [3.8, 4) is 0 Å². The van der Waals surface area contributed by atoms with Crippen LogP contribution >= 0.6 is 15.9 Å². The second-order valence-corrected chi connectivity index (χ2v) is 3.93. The van der Waals surface area contributed by atoms with E-state index in [1.54, 1.807) is 0 Å². The summed E-state index contributed by atoms with van der Waals surface area (Å²) in [5.41, 5.74) is 2.72. The van der Waals surface area contributed by atoms with Crippen LogP contribution in [0.3, 0.4) is 0 Å². The quantitative estimate of drug-likeness (QED) is 0.602. The van der Waals surface area contributed by atoms with Crippen LogP contribution in [0.2, 0.25) is 0 Å². The minimum absolute atomic E-state index is 0.655. The summed E-state index contributed by atoms with van der Waals surface area (Å²) >= 11 is 3.38. The number of rotatable bonds is 0. The molecular weight excluding hydrogens is 202 g/mol. The lowest BCUT2D eigenvalue weighted by molar-refractivity contribution is 0.730. The molecule has 1 aliphatic rings. The second kappa shape index (κ2) is 2.59. The lowest BCUT2D eigenvalue weighted by Crippen LogP contribution is -1.91. The highest BCUT2D eigenvalue weighted by atomic mass is 79.9. The van der Waals surface area contributed by atoms with Crippen molar-refractivity contribution in [1.82, 2.24) is 4.98 Å². The molecule has 1 heterocycles. The van der Waals surface area contributed by atoms with Crippen molar-refractivity contribution < 1.29 is 0 Å². The molecule has 1 nitrogen and oxygen atoms in total. The summed E-state index contributed by atoms with van der Waals surface area (Å²) in [5, 5.41) is 0. The zero-order valence-corrected chi connectivity index (χ0v) is 8.06. The van der Waals surface area contributed by atoms with Crippen molar-refractivity contribution in [3.05, 3.63) is 28.0 Å². The van der Waals surface area contributed by atoms with Crippen LogP contribution in [0, 0.1) is 0 Å². The molecule has 0 aliphatic heterocycles. The highest BCUT2D eigenvalue weighted by Gasteiger charge is 2.19. The molecule has 1 aromatic rings. The van der Waals surface area contributed by atoms with Crippen molar-refractivity contribution in [1.29, 1.82) is 0 Å². The standard InChI is InChI=1S/C9H10BrN/c1-6-2-3-7-4-5-8(10)11-9(6)7/h4-6H,2-3H2,1H3. The van der Waals surface area contributed by atoms with Gasteiger partial charge in [-0.15, -0.1) is 0 Å². The Morgan fingerprint density at radius 2 is 2.36 bits per heavy atom. The molecule has 2 rings (SSSR count). The predicted molar refractivity (Wildman–Crippen MR) is 48.7 cm³/mol. The Morgan fingerprint density at radius 3 is 3.18 bits per heavy atom. The molecule has 1 atom stereocenters. The number of aryl methyl sites for hydroxylation is 1. The molecule has 0 bridgehead atoms. The Labute approximate surface area is 75.0 Å². The minimum atomic E-state index is 0.655. The molecular formula is C9H10BrN. The fourth-order valence-corrected chi connectivity index (χ4v) is 1.95. The Morgan fingerprint density at radius 1 is 1.55 bits per heavy atom. The van der Waals surface area contributed by atoms with E-state index in [9.17, 15) is 0 Å². The summed E-state index contributed by atoms with van der Waals surface area (Å²) in [6.07, 6.45) is 2.47. The van der Waals surface area contributed by atoms with Crippen LogP contribution in [0.5, 0.6) is 0 Å². The van der Waals surface area contributed by atoms with Crippen LogP contribution in [-0.2, 0) is 6.42 Å². The lowest BCUT2D eigenvalue weighted by atomic mass is 10.1. The van der Waals surface area contributed by atoms with Gasteiger partial charge in [0.25, 0.3) is 0 Å². The van der Waals surface area contributed by atoms with Gasteiger partial charge >= 0.3 is 0 Å². The van der Waals surface area contributed by atoms with Crippen molar-refractivity contribution in [3.63, 3.8) is 0 Å². The predicted octanol–water partition coefficient (Wildman–Crippen LogP) is 2.89. The molecule has 1 aliphatic carbocycles. The van der Waals surface area contributed by atoms with Gasteiger partial charge in [-0.1, -0.05) is 13.0 Å². The Hall–Kier alpha value is -0.370. The molecule has 0 saturated heterocycles. The topological polar surface area (TPSA) is 12.9 Å². The molecule has 2 heteroatoms. The summed E-state index contributed by atoms with van der Waals surface area (Å²) in [7, 11) is 0. The Bertz CT molecular complexity index is 283. The molecule has 0 spiro atoms. The van der Waals surface area contributed by atoms with Gasteiger partial charge in [0.1, 0.15) is 4.60 Å². The van der Waals surface area contributed by atoms with Crippen molar-refractivity contribution in [2.24, 2.45) is 0 Å². The molecule has 0 aromatic carbocycles. The molecule has 1 aromatic heterocycles. The molecule has 11 heavy (non-hydrogen) atoms. The molecule has 1 unspecified atom stereocenters. The van der Waals surface area contributed by atoms with Crippen LogP contribution in [0.15, 0.2) is 16.7 Å². The van der Waals surface area contributed by atoms with E-state index in [0.717, 1.165) is 4.60 Å². The van der Waals surface area contributed by atoms with Gasteiger partial charge in [0, 0.05) is 5.69 Å². The molecule has 58 valence electrons. The maximum Gasteiger partial charge on any atom is 0.106 e. The molecule has 0 amide bonds. The van der Waals surface area contributed by atoms with Gasteiger partial charge < -0.3 is 0 Å². The smallest absolute Gasteiger partial charge is 0.106 e. The first-order chi connectivity index (χ1) is 5.27. The van der Waals surface area contributed by atoms with Gasteiger partial charge in [0.2, 0.25) is 0 Å². The lowest BCUT2D eigenvalue weighted by Gasteiger charge is -2.02. The van der Waals surface area contributed by atoms with E-state index in [1.807, 2.05) is 6.07 Å². The largest absolute Gasteiger partial charge is 0.245 e. The first kappa shape index (κ1) is 7.29. The highest BCUT2D eigenvalue weighted by molar-refractivity contribution is 9.10. The second-order valence-electron chi connectivity index (χ2n) is 3.12. The molecule has 0 N–H and O–H groups in total. The zero-order chi connectivity index (χ0) is 7.84. The third-order valence-corrected chi connectivity index (χ3v) is 2.73. The van der Waals surface area contributed by atoms with E-state index < -0.39 is 0 Å². The van der Waals surface area contributed by atoms with E-state index in [-0.39, 0.29) is 0 Å². The number of pyridine rings is 1. The Kier molecular flexibility index (Phi) is 1.72. The van der Waals surface area contributed by atoms with E-state index >= 15 is 0 Å². The normalized spacial score (nSPS) is 21.8. The molecule has 0 fully saturated rings. The maximum absolute atomic E-state index is 4.45. The minimum Gasteiger partial charge on any atom is -0.245 e. The zero-order valence-electron chi connectivity index (χ0n) is 6.47. The van der Waals surface area contributed by atoms with Gasteiger partial charge in [0.15, 0.2) is 0 Å². The molecule has 0 radical (unpaired) electrons. The average molecular weight is 212 g/mol. The third kappa shape index (κ3) is 1.20. The van der Waals surface area contributed by atoms with E-state index in [4.69, 9.17) is 0 Å². The van der Waals surface area contributed by atoms with Crippen LogP contribution < -0.4 is 0 Å². The fourth-order valence-electron chi connectivity index (χ4n) is 1.63. The summed E-state index contributed by atoms with van der Waals surface area (Å²) in [6, 6.07) is 4.20. The summed E-state index contributed by atoms with van der Waals surface area (Å²) < 4.78 is 0.963. The van der Waals surface area contributed by atoms with Crippen molar-refractivity contribution in [2.75, 3.05) is 0 Å². The summed E-state index contributed by atoms with van der Waals surface area (Å²) in [5.74, 6) is 0.655. The van der Waals surface area contributed by atoms with E-state index in [0.29, 0.717) is 5.92 Å². The summed E-state index contributed by atoms with van der Waals surface area (Å²) in [4.78, 5) is 4.45. The SMILES string of the molecule is CC1CCc2ccc(Br)nc21. The van der Waals surface area contributed by atoms with Crippen LogP contribution in [0.4, 0.5) is 0 Å². The number of hydrogen-bond donors (Lipinski definition) is 0. The van der Waals surface area contributed by atoms with Crippen molar-refractivity contribution >= 4 is 15.9 Å². The number of halogens is 1. The van der Waals surface area contributed by atoms with E-state index in [1.165, 1.54) is 24.1 Å². The van der Waals surface area contributed by atoms with Crippen molar-refractivity contribution in [2.45, 2.75) is 25.7 Å². The van der Waals surface area contributed by atoms with Gasteiger partial charge in [-0.05, 0) is 46.3 Å². The number of fused-ring (bicyclic) bond motifs is 1. The highest BCUT2D eigenvalue weighted by Crippen LogP contribution is 2.31. The van der Waals surface area contributed by atoms with Gasteiger partial charge in [0.05, 0.1) is 0 Å². The Balaban J connectivity index is 2.52. The van der Waals surface area contributed by atoms with Gasteiger partial charge in [-0.3, -0.25) is 0 Å². The monoisotopic (exact) mass is 211 g/mol. The number of aromatic nitrogens is 1. The first-order valence-electron chi connectivity index (χ1n) is 3.92.